The number of hydrogen-bond donors (Lipinski definition) is 1. The van der Waals surface area contributed by atoms with Crippen LogP contribution in [0.25, 0.3) is 0 Å². The smallest absolute Gasteiger partial charge is 0.106 e. The molecular weight excluding hydrogens is 202 g/mol. The SMILES string of the molecule is CNC(c1ccn(C)n1)c1cc(C)oc1C. The Kier molecular flexibility index (Phi) is 2.83. The third-order valence-electron chi connectivity index (χ3n) is 2.71. The van der Waals surface area contributed by atoms with Gasteiger partial charge in [-0.2, -0.15) is 5.10 Å². The lowest BCUT2D eigenvalue weighted by Crippen LogP contribution is -2.18. The maximum atomic E-state index is 5.55. The van der Waals surface area contributed by atoms with Gasteiger partial charge in [0.15, 0.2) is 0 Å². The molecule has 0 bridgehead atoms. The van der Waals surface area contributed by atoms with Crippen molar-refractivity contribution >= 4 is 0 Å². The van der Waals surface area contributed by atoms with Crippen LogP contribution in [0, 0.1) is 13.8 Å². The van der Waals surface area contributed by atoms with Gasteiger partial charge in [-0.1, -0.05) is 0 Å². The minimum absolute atomic E-state index is 0.0960. The van der Waals surface area contributed by atoms with E-state index in [4.69, 9.17) is 4.42 Å². The second kappa shape index (κ2) is 4.14. The van der Waals surface area contributed by atoms with Crippen LogP contribution in [0.1, 0.15) is 28.8 Å². The summed E-state index contributed by atoms with van der Waals surface area (Å²) in [5, 5.41) is 7.69. The molecule has 0 saturated heterocycles. The first-order valence-electron chi connectivity index (χ1n) is 5.35. The number of rotatable bonds is 3. The van der Waals surface area contributed by atoms with Crippen LogP contribution in [0.5, 0.6) is 0 Å². The fraction of sp³-hybridized carbons (Fsp3) is 0.417. The number of aryl methyl sites for hydroxylation is 3. The summed E-state index contributed by atoms with van der Waals surface area (Å²) in [6, 6.07) is 4.17. The number of nitrogens with one attached hydrogen (secondary N) is 1. The molecule has 4 heteroatoms. The van der Waals surface area contributed by atoms with Gasteiger partial charge in [-0.3, -0.25) is 4.68 Å². The van der Waals surface area contributed by atoms with Crippen molar-refractivity contribution in [2.24, 2.45) is 7.05 Å². The normalized spacial score (nSPS) is 13.0. The van der Waals surface area contributed by atoms with E-state index in [1.807, 2.05) is 44.9 Å². The maximum absolute atomic E-state index is 5.55. The highest BCUT2D eigenvalue weighted by Gasteiger charge is 2.19. The lowest BCUT2D eigenvalue weighted by atomic mass is 10.0. The Morgan fingerprint density at radius 1 is 1.44 bits per heavy atom. The van der Waals surface area contributed by atoms with E-state index in [9.17, 15) is 0 Å². The third-order valence-corrected chi connectivity index (χ3v) is 2.71. The quantitative estimate of drug-likeness (QED) is 0.857. The molecule has 2 rings (SSSR count). The molecule has 0 aliphatic carbocycles. The summed E-state index contributed by atoms with van der Waals surface area (Å²) in [6.45, 7) is 3.94. The minimum Gasteiger partial charge on any atom is -0.466 e. The van der Waals surface area contributed by atoms with Crippen molar-refractivity contribution in [3.63, 3.8) is 0 Å². The van der Waals surface area contributed by atoms with Crippen LogP contribution >= 0.6 is 0 Å². The molecule has 1 N–H and O–H groups in total. The van der Waals surface area contributed by atoms with Crippen molar-refractivity contribution in [1.29, 1.82) is 0 Å². The maximum Gasteiger partial charge on any atom is 0.106 e. The Labute approximate surface area is 95.3 Å². The van der Waals surface area contributed by atoms with Gasteiger partial charge in [-0.15, -0.1) is 0 Å². The molecule has 2 aromatic rings. The third kappa shape index (κ3) is 1.88. The molecule has 0 fully saturated rings. The molecule has 2 heterocycles. The van der Waals surface area contributed by atoms with Crippen LogP contribution in [-0.4, -0.2) is 16.8 Å². The average molecular weight is 219 g/mol. The van der Waals surface area contributed by atoms with Crippen LogP contribution in [-0.2, 0) is 7.05 Å². The lowest BCUT2D eigenvalue weighted by molar-refractivity contribution is 0.495. The van der Waals surface area contributed by atoms with Gasteiger partial charge in [-0.25, -0.2) is 0 Å². The standard InChI is InChI=1S/C12H17N3O/c1-8-7-10(9(2)16-8)12(13-3)11-5-6-15(4)14-11/h5-7,12-13H,1-4H3. The first kappa shape index (κ1) is 11.0. The summed E-state index contributed by atoms with van der Waals surface area (Å²) in [4.78, 5) is 0. The van der Waals surface area contributed by atoms with Gasteiger partial charge in [0.25, 0.3) is 0 Å². The molecule has 0 aromatic carbocycles. The second-order valence-corrected chi connectivity index (χ2v) is 4.00. The van der Waals surface area contributed by atoms with Gasteiger partial charge in [0, 0.05) is 18.8 Å². The van der Waals surface area contributed by atoms with E-state index in [2.05, 4.69) is 16.5 Å². The first-order valence-corrected chi connectivity index (χ1v) is 5.35. The highest BCUT2D eigenvalue weighted by atomic mass is 16.3. The van der Waals surface area contributed by atoms with E-state index in [-0.39, 0.29) is 6.04 Å². The highest BCUT2D eigenvalue weighted by Crippen LogP contribution is 2.25. The summed E-state index contributed by atoms with van der Waals surface area (Å²) in [5.74, 6) is 1.88. The van der Waals surface area contributed by atoms with Crippen LogP contribution in [0.15, 0.2) is 22.7 Å². The van der Waals surface area contributed by atoms with Crippen molar-refractivity contribution in [3.8, 4) is 0 Å². The molecule has 16 heavy (non-hydrogen) atoms. The Balaban J connectivity index is 2.40. The summed E-state index contributed by atoms with van der Waals surface area (Å²) in [7, 11) is 3.85. The van der Waals surface area contributed by atoms with E-state index < -0.39 is 0 Å². The monoisotopic (exact) mass is 219 g/mol. The number of furan rings is 1. The molecule has 0 radical (unpaired) electrons. The lowest BCUT2D eigenvalue weighted by Gasteiger charge is -2.12. The van der Waals surface area contributed by atoms with Gasteiger partial charge < -0.3 is 9.73 Å². The molecule has 1 unspecified atom stereocenters. The average Bonchev–Trinajstić information content (AvgIpc) is 2.76. The number of nitrogens with zero attached hydrogens (tertiary/aromatic N) is 2. The van der Waals surface area contributed by atoms with E-state index in [0.717, 1.165) is 22.8 Å². The second-order valence-electron chi connectivity index (χ2n) is 4.00. The highest BCUT2D eigenvalue weighted by molar-refractivity contribution is 5.30. The number of aromatic nitrogens is 2. The van der Waals surface area contributed by atoms with Gasteiger partial charge in [0.1, 0.15) is 11.5 Å². The molecule has 2 aromatic heterocycles. The fourth-order valence-electron chi connectivity index (χ4n) is 1.99. The van der Waals surface area contributed by atoms with Crippen LogP contribution in [0.2, 0.25) is 0 Å². The van der Waals surface area contributed by atoms with Gasteiger partial charge in [0.2, 0.25) is 0 Å². The Morgan fingerprint density at radius 2 is 2.19 bits per heavy atom. The summed E-state index contributed by atoms with van der Waals surface area (Å²) < 4.78 is 7.36. The Hall–Kier alpha value is -1.55. The molecule has 1 atom stereocenters. The fourth-order valence-corrected chi connectivity index (χ4v) is 1.99. The van der Waals surface area contributed by atoms with E-state index in [0.29, 0.717) is 0 Å². The van der Waals surface area contributed by atoms with E-state index >= 15 is 0 Å². The van der Waals surface area contributed by atoms with Crippen LogP contribution < -0.4 is 5.32 Å². The molecule has 0 spiro atoms. The van der Waals surface area contributed by atoms with Crippen LogP contribution in [0.3, 0.4) is 0 Å². The van der Waals surface area contributed by atoms with Gasteiger partial charge in [-0.05, 0) is 33.0 Å². The molecule has 86 valence electrons. The zero-order valence-corrected chi connectivity index (χ0v) is 10.1. The molecule has 0 aliphatic heterocycles. The predicted molar refractivity (Wildman–Crippen MR) is 62.3 cm³/mol. The zero-order valence-electron chi connectivity index (χ0n) is 10.1. The summed E-state index contributed by atoms with van der Waals surface area (Å²) in [6.07, 6.45) is 1.95. The largest absolute Gasteiger partial charge is 0.466 e. The van der Waals surface area contributed by atoms with Crippen molar-refractivity contribution < 1.29 is 4.42 Å². The van der Waals surface area contributed by atoms with Gasteiger partial charge in [0.05, 0.1) is 11.7 Å². The van der Waals surface area contributed by atoms with Crippen molar-refractivity contribution in [2.45, 2.75) is 19.9 Å². The molecule has 0 amide bonds. The Bertz CT molecular complexity index is 484. The first-order chi connectivity index (χ1) is 7.61. The number of hydrogen-bond acceptors (Lipinski definition) is 3. The minimum atomic E-state index is 0.0960. The van der Waals surface area contributed by atoms with Crippen molar-refractivity contribution in [2.75, 3.05) is 7.05 Å². The topological polar surface area (TPSA) is 43.0 Å². The molecule has 4 nitrogen and oxygen atoms in total. The zero-order chi connectivity index (χ0) is 11.7. The predicted octanol–water partition coefficient (Wildman–Crippen LogP) is 1.94. The van der Waals surface area contributed by atoms with Crippen molar-refractivity contribution in [3.05, 3.63) is 41.1 Å². The summed E-state index contributed by atoms with van der Waals surface area (Å²) >= 11 is 0. The molecule has 0 saturated carbocycles. The van der Waals surface area contributed by atoms with Crippen LogP contribution in [0.4, 0.5) is 0 Å². The van der Waals surface area contributed by atoms with Gasteiger partial charge >= 0.3 is 0 Å². The molecule has 0 aliphatic rings. The van der Waals surface area contributed by atoms with E-state index in [1.165, 1.54) is 0 Å². The summed E-state index contributed by atoms with van der Waals surface area (Å²) in [5.41, 5.74) is 2.16. The van der Waals surface area contributed by atoms with Crippen molar-refractivity contribution in [1.82, 2.24) is 15.1 Å². The Morgan fingerprint density at radius 3 is 2.62 bits per heavy atom. The van der Waals surface area contributed by atoms with E-state index in [1.54, 1.807) is 0 Å². The molecular formula is C12H17N3O.